The predicted molar refractivity (Wildman–Crippen MR) is 131 cm³/mol. The van der Waals surface area contributed by atoms with Gasteiger partial charge in [-0.05, 0) is 29.9 Å². The topological polar surface area (TPSA) is 76.4 Å². The van der Waals surface area contributed by atoms with Gasteiger partial charge in [0.15, 0.2) is 11.8 Å². The second kappa shape index (κ2) is 11.1. The fourth-order valence-electron chi connectivity index (χ4n) is 3.46. The summed E-state index contributed by atoms with van der Waals surface area (Å²) in [6, 6.07) is 9.04. The van der Waals surface area contributed by atoms with Crippen LogP contribution in [-0.4, -0.2) is 40.4 Å². The highest BCUT2D eigenvalue weighted by Crippen LogP contribution is 2.22. The Morgan fingerprint density at radius 1 is 1.27 bits per heavy atom. The maximum atomic E-state index is 5.15. The van der Waals surface area contributed by atoms with Crippen molar-refractivity contribution in [3.05, 3.63) is 47.0 Å². The molecule has 0 fully saturated rings. The average Bonchev–Trinajstić information content (AvgIpc) is 3.08. The lowest BCUT2D eigenvalue weighted by molar-refractivity contribution is 0.177. The van der Waals surface area contributed by atoms with Crippen molar-refractivity contribution in [3.8, 4) is 0 Å². The summed E-state index contributed by atoms with van der Waals surface area (Å²) in [4.78, 5) is 9.33. The summed E-state index contributed by atoms with van der Waals surface area (Å²) in [5.41, 5.74) is 2.72. The lowest BCUT2D eigenvalue weighted by Crippen LogP contribution is -2.47. The van der Waals surface area contributed by atoms with Crippen LogP contribution in [0.15, 0.2) is 29.3 Å². The average molecular weight is 526 g/mol. The number of nitrogens with zero attached hydrogens (tertiary/aromatic N) is 4. The predicted octanol–water partition coefficient (Wildman–Crippen LogP) is 3.41. The molecule has 1 aromatic heterocycles. The SMILES string of the molecule is CCNC(=NCc1ccc(C(C)(C)C)cc1)NC1CCc2nc(COC)nn2C1.I. The summed E-state index contributed by atoms with van der Waals surface area (Å²) in [6.07, 6.45) is 1.91. The van der Waals surface area contributed by atoms with Crippen LogP contribution in [0.1, 0.15) is 56.9 Å². The first-order valence-electron chi connectivity index (χ1n) is 10.4. The van der Waals surface area contributed by atoms with Crippen molar-refractivity contribution in [1.82, 2.24) is 25.4 Å². The van der Waals surface area contributed by atoms with Gasteiger partial charge in [-0.15, -0.1) is 24.0 Å². The Morgan fingerprint density at radius 3 is 2.63 bits per heavy atom. The summed E-state index contributed by atoms with van der Waals surface area (Å²) < 4.78 is 7.14. The molecule has 7 nitrogen and oxygen atoms in total. The number of fused-ring (bicyclic) bond motifs is 1. The molecule has 1 aliphatic heterocycles. The van der Waals surface area contributed by atoms with E-state index in [0.717, 1.165) is 43.5 Å². The van der Waals surface area contributed by atoms with Crippen molar-refractivity contribution in [2.45, 2.75) is 71.7 Å². The molecule has 166 valence electrons. The van der Waals surface area contributed by atoms with Crippen LogP contribution >= 0.6 is 24.0 Å². The first-order chi connectivity index (χ1) is 13.9. The minimum atomic E-state index is 0. The molecular weight excluding hydrogens is 491 g/mol. The third-order valence-electron chi connectivity index (χ3n) is 5.10. The van der Waals surface area contributed by atoms with Gasteiger partial charge in [0.2, 0.25) is 0 Å². The van der Waals surface area contributed by atoms with Crippen LogP contribution in [0.3, 0.4) is 0 Å². The maximum absolute atomic E-state index is 5.15. The molecule has 1 aliphatic rings. The molecule has 1 aromatic carbocycles. The zero-order chi connectivity index (χ0) is 20.9. The third-order valence-corrected chi connectivity index (χ3v) is 5.10. The van der Waals surface area contributed by atoms with Crippen LogP contribution in [0.5, 0.6) is 0 Å². The Hall–Kier alpha value is -1.68. The Bertz CT molecular complexity index is 825. The van der Waals surface area contributed by atoms with E-state index in [-0.39, 0.29) is 35.4 Å². The summed E-state index contributed by atoms with van der Waals surface area (Å²) in [6.45, 7) is 11.5. The van der Waals surface area contributed by atoms with Crippen molar-refractivity contribution in [3.63, 3.8) is 0 Å². The molecule has 8 heteroatoms. The highest BCUT2D eigenvalue weighted by Gasteiger charge is 2.22. The van der Waals surface area contributed by atoms with Crippen molar-refractivity contribution in [2.24, 2.45) is 4.99 Å². The van der Waals surface area contributed by atoms with Crippen LogP contribution < -0.4 is 10.6 Å². The molecule has 3 rings (SSSR count). The lowest BCUT2D eigenvalue weighted by atomic mass is 9.87. The number of hydrogen-bond donors (Lipinski definition) is 2. The van der Waals surface area contributed by atoms with E-state index in [9.17, 15) is 0 Å². The Labute approximate surface area is 197 Å². The molecule has 1 unspecified atom stereocenters. The molecule has 0 aliphatic carbocycles. The maximum Gasteiger partial charge on any atom is 0.191 e. The zero-order valence-corrected chi connectivity index (χ0v) is 21.1. The van der Waals surface area contributed by atoms with Gasteiger partial charge in [-0.2, -0.15) is 5.10 Å². The van der Waals surface area contributed by atoms with Crippen LogP contribution in [0.2, 0.25) is 0 Å². The molecule has 2 aromatic rings. The Kier molecular flexibility index (Phi) is 9.09. The van der Waals surface area contributed by atoms with Crippen molar-refractivity contribution in [2.75, 3.05) is 13.7 Å². The molecule has 30 heavy (non-hydrogen) atoms. The standard InChI is InChI=1S/C22H34N6O.HI/c1-6-23-21(24-13-16-7-9-17(10-8-16)22(2,3)4)25-18-11-12-20-26-19(15-29-5)27-28(20)14-18;/h7-10,18H,6,11-15H2,1-5H3,(H2,23,24,25);1H. The molecule has 0 saturated heterocycles. The van der Waals surface area contributed by atoms with Crippen LogP contribution in [0.25, 0.3) is 0 Å². The molecule has 2 N–H and O–H groups in total. The highest BCUT2D eigenvalue weighted by molar-refractivity contribution is 14.0. The van der Waals surface area contributed by atoms with E-state index in [1.807, 2.05) is 4.68 Å². The number of methoxy groups -OCH3 is 1. The number of guanidine groups is 1. The van der Waals surface area contributed by atoms with Gasteiger partial charge >= 0.3 is 0 Å². The first kappa shape index (κ1) is 24.6. The number of rotatable bonds is 6. The largest absolute Gasteiger partial charge is 0.377 e. The van der Waals surface area contributed by atoms with Gasteiger partial charge in [0.05, 0.1) is 13.1 Å². The molecule has 0 saturated carbocycles. The van der Waals surface area contributed by atoms with E-state index in [1.165, 1.54) is 11.1 Å². The fraction of sp³-hybridized carbons (Fsp3) is 0.591. The zero-order valence-electron chi connectivity index (χ0n) is 18.7. The van der Waals surface area contributed by atoms with Gasteiger partial charge in [-0.1, -0.05) is 45.0 Å². The first-order valence-corrected chi connectivity index (χ1v) is 10.4. The van der Waals surface area contributed by atoms with E-state index in [1.54, 1.807) is 7.11 Å². The lowest BCUT2D eigenvalue weighted by Gasteiger charge is -2.25. The number of aryl methyl sites for hydroxylation is 1. The number of aromatic nitrogens is 3. The van der Waals surface area contributed by atoms with Crippen molar-refractivity contribution in [1.29, 1.82) is 0 Å². The molecular formula is C22H35IN6O. The number of hydrogen-bond acceptors (Lipinski definition) is 4. The Morgan fingerprint density at radius 2 is 2.00 bits per heavy atom. The van der Waals surface area contributed by atoms with Gasteiger partial charge in [0.25, 0.3) is 0 Å². The van der Waals surface area contributed by atoms with Gasteiger partial charge in [-0.25, -0.2) is 14.7 Å². The molecule has 0 amide bonds. The van der Waals surface area contributed by atoms with Crippen molar-refractivity contribution >= 4 is 29.9 Å². The third kappa shape index (κ3) is 6.66. The summed E-state index contributed by atoms with van der Waals surface area (Å²) >= 11 is 0. The normalized spacial score (nSPS) is 16.6. The summed E-state index contributed by atoms with van der Waals surface area (Å²) in [5.74, 6) is 2.64. The molecule has 0 radical (unpaired) electrons. The van der Waals surface area contributed by atoms with E-state index in [0.29, 0.717) is 13.2 Å². The molecule has 2 heterocycles. The summed E-state index contributed by atoms with van der Waals surface area (Å²) in [7, 11) is 1.67. The van der Waals surface area contributed by atoms with Crippen molar-refractivity contribution < 1.29 is 4.74 Å². The molecule has 0 bridgehead atoms. The molecule has 0 spiro atoms. The van der Waals surface area contributed by atoms with Crippen LogP contribution in [-0.2, 0) is 36.3 Å². The minimum absolute atomic E-state index is 0. The second-order valence-corrected chi connectivity index (χ2v) is 8.58. The minimum Gasteiger partial charge on any atom is -0.377 e. The second-order valence-electron chi connectivity index (χ2n) is 8.58. The summed E-state index contributed by atoms with van der Waals surface area (Å²) in [5, 5.41) is 11.5. The van der Waals surface area contributed by atoms with Gasteiger partial charge < -0.3 is 15.4 Å². The Balaban J connectivity index is 0.00000320. The van der Waals surface area contributed by atoms with Crippen LogP contribution in [0.4, 0.5) is 0 Å². The number of ether oxygens (including phenoxy) is 1. The fourth-order valence-corrected chi connectivity index (χ4v) is 3.46. The quantitative estimate of drug-likeness (QED) is 0.343. The molecule has 1 atom stereocenters. The van der Waals surface area contributed by atoms with E-state index in [4.69, 9.17) is 9.73 Å². The number of aliphatic imine (C=N–C) groups is 1. The van der Waals surface area contributed by atoms with Gasteiger partial charge in [0.1, 0.15) is 12.4 Å². The van der Waals surface area contributed by atoms with Crippen LogP contribution in [0, 0.1) is 0 Å². The van der Waals surface area contributed by atoms with E-state index in [2.05, 4.69) is 72.7 Å². The highest BCUT2D eigenvalue weighted by atomic mass is 127. The monoisotopic (exact) mass is 526 g/mol. The number of halogens is 1. The number of nitrogens with one attached hydrogen (secondary N) is 2. The number of benzene rings is 1. The van der Waals surface area contributed by atoms with Gasteiger partial charge in [0, 0.05) is 26.1 Å². The van der Waals surface area contributed by atoms with Gasteiger partial charge in [-0.3, -0.25) is 0 Å². The smallest absolute Gasteiger partial charge is 0.191 e. The van der Waals surface area contributed by atoms with E-state index < -0.39 is 0 Å². The van der Waals surface area contributed by atoms with E-state index >= 15 is 0 Å².